The van der Waals surface area contributed by atoms with Crippen molar-refractivity contribution in [3.8, 4) is 0 Å². The Morgan fingerprint density at radius 2 is 2.00 bits per heavy atom. The number of halogens is 1. The topological polar surface area (TPSA) is 38.1 Å². The molecule has 1 amide bonds. The number of likely N-dealkylation sites (tertiary alicyclic amines) is 1. The van der Waals surface area contributed by atoms with E-state index in [-0.39, 0.29) is 11.7 Å². The Kier molecular flexibility index (Phi) is 4.32. The third-order valence-electron chi connectivity index (χ3n) is 5.47. The Balaban J connectivity index is 1.40. The van der Waals surface area contributed by atoms with Crippen LogP contribution in [0.25, 0.3) is 0 Å². The number of nitrogens with zero attached hydrogens (tertiary/aromatic N) is 3. The molecule has 0 radical (unpaired) electrons. The van der Waals surface area contributed by atoms with E-state index in [1.165, 1.54) is 24.7 Å². The summed E-state index contributed by atoms with van der Waals surface area (Å²) in [5.41, 5.74) is 1.01. The summed E-state index contributed by atoms with van der Waals surface area (Å²) in [5.74, 6) is 2.01. The van der Waals surface area contributed by atoms with Crippen molar-refractivity contribution in [1.82, 2.24) is 14.5 Å². The molecule has 1 aromatic heterocycles. The summed E-state index contributed by atoms with van der Waals surface area (Å²) >= 11 is 0. The molecule has 1 aromatic carbocycles. The minimum Gasteiger partial charge on any atom is -0.339 e. The summed E-state index contributed by atoms with van der Waals surface area (Å²) in [6.45, 7) is 4.19. The number of hydrogen-bond donors (Lipinski definition) is 0. The number of amides is 1. The molecular formula is C20H24FN3O. The molecular weight excluding hydrogens is 317 g/mol. The van der Waals surface area contributed by atoms with Crippen molar-refractivity contribution in [2.75, 3.05) is 13.1 Å². The van der Waals surface area contributed by atoms with Crippen molar-refractivity contribution in [2.24, 2.45) is 5.92 Å². The standard InChI is InChI=1S/C20H24FN3O/c1-14-2-5-17(12-18(14)21)20(25)23-9-6-16(7-10-23)19-22-8-11-24(19)13-15-3-4-15/h2,5,8,11-12,15-16H,3-4,6-7,9-10,13H2,1H3. The van der Waals surface area contributed by atoms with E-state index in [0.717, 1.165) is 25.3 Å². The van der Waals surface area contributed by atoms with Crippen LogP contribution in [0.5, 0.6) is 0 Å². The van der Waals surface area contributed by atoms with E-state index >= 15 is 0 Å². The third-order valence-corrected chi connectivity index (χ3v) is 5.47. The fraction of sp³-hybridized carbons (Fsp3) is 0.500. The number of carbonyl (C=O) groups is 1. The van der Waals surface area contributed by atoms with Gasteiger partial charge in [0.05, 0.1) is 0 Å². The average molecular weight is 341 g/mol. The van der Waals surface area contributed by atoms with Crippen molar-refractivity contribution >= 4 is 5.91 Å². The Bertz CT molecular complexity index is 773. The van der Waals surface area contributed by atoms with Crippen LogP contribution in [-0.4, -0.2) is 33.4 Å². The van der Waals surface area contributed by atoms with Gasteiger partial charge in [-0.2, -0.15) is 0 Å². The van der Waals surface area contributed by atoms with Gasteiger partial charge in [-0.3, -0.25) is 4.79 Å². The molecule has 2 aliphatic rings. The monoisotopic (exact) mass is 341 g/mol. The number of benzene rings is 1. The molecule has 1 aliphatic carbocycles. The van der Waals surface area contributed by atoms with Gasteiger partial charge in [-0.15, -0.1) is 0 Å². The second kappa shape index (κ2) is 6.62. The van der Waals surface area contributed by atoms with E-state index in [1.54, 1.807) is 19.1 Å². The number of piperidine rings is 1. The van der Waals surface area contributed by atoms with Gasteiger partial charge in [0.15, 0.2) is 0 Å². The molecule has 132 valence electrons. The number of imidazole rings is 1. The lowest BCUT2D eigenvalue weighted by Crippen LogP contribution is -2.38. The van der Waals surface area contributed by atoms with Crippen LogP contribution >= 0.6 is 0 Å². The smallest absolute Gasteiger partial charge is 0.253 e. The third kappa shape index (κ3) is 3.46. The molecule has 0 atom stereocenters. The van der Waals surface area contributed by atoms with Gasteiger partial charge in [-0.1, -0.05) is 6.07 Å². The predicted molar refractivity (Wildman–Crippen MR) is 94.0 cm³/mol. The Labute approximate surface area is 147 Å². The normalized spacial score (nSPS) is 18.6. The first kappa shape index (κ1) is 16.3. The van der Waals surface area contributed by atoms with Crippen LogP contribution in [-0.2, 0) is 6.54 Å². The summed E-state index contributed by atoms with van der Waals surface area (Å²) in [7, 11) is 0. The van der Waals surface area contributed by atoms with Crippen molar-refractivity contribution in [3.05, 3.63) is 53.4 Å². The quantitative estimate of drug-likeness (QED) is 0.849. The first-order chi connectivity index (χ1) is 12.1. The van der Waals surface area contributed by atoms with Crippen LogP contribution in [0.3, 0.4) is 0 Å². The molecule has 0 N–H and O–H groups in total. The summed E-state index contributed by atoms with van der Waals surface area (Å²) < 4.78 is 16.0. The molecule has 2 fully saturated rings. The highest BCUT2D eigenvalue weighted by atomic mass is 19.1. The van der Waals surface area contributed by atoms with Crippen molar-refractivity contribution < 1.29 is 9.18 Å². The lowest BCUT2D eigenvalue weighted by Gasteiger charge is -2.32. The Hall–Kier alpha value is -2.17. The van der Waals surface area contributed by atoms with E-state index in [2.05, 4.69) is 15.7 Å². The zero-order valence-corrected chi connectivity index (χ0v) is 14.6. The van der Waals surface area contributed by atoms with E-state index in [0.29, 0.717) is 30.1 Å². The van der Waals surface area contributed by atoms with Gasteiger partial charge in [0.25, 0.3) is 5.91 Å². The number of hydrogen-bond acceptors (Lipinski definition) is 2. The van der Waals surface area contributed by atoms with E-state index in [4.69, 9.17) is 0 Å². The number of aromatic nitrogens is 2. The lowest BCUT2D eigenvalue weighted by atomic mass is 9.95. The summed E-state index contributed by atoms with van der Waals surface area (Å²) in [6, 6.07) is 4.74. The first-order valence-electron chi connectivity index (χ1n) is 9.18. The summed E-state index contributed by atoms with van der Waals surface area (Å²) in [6.07, 6.45) is 8.48. The molecule has 4 rings (SSSR count). The van der Waals surface area contributed by atoms with E-state index in [1.807, 2.05) is 11.1 Å². The van der Waals surface area contributed by atoms with Gasteiger partial charge in [-0.05, 0) is 56.2 Å². The number of carbonyl (C=O) groups excluding carboxylic acids is 1. The van der Waals surface area contributed by atoms with Crippen molar-refractivity contribution in [1.29, 1.82) is 0 Å². The number of aryl methyl sites for hydroxylation is 1. The molecule has 5 heteroatoms. The first-order valence-corrected chi connectivity index (χ1v) is 9.18. The van der Waals surface area contributed by atoms with Crippen LogP contribution < -0.4 is 0 Å². The maximum atomic E-state index is 13.7. The predicted octanol–water partition coefficient (Wildman–Crippen LogP) is 3.76. The van der Waals surface area contributed by atoms with Crippen molar-refractivity contribution in [2.45, 2.75) is 45.1 Å². The second-order valence-electron chi connectivity index (χ2n) is 7.41. The molecule has 1 saturated carbocycles. The fourth-order valence-electron chi connectivity index (χ4n) is 3.66. The van der Waals surface area contributed by atoms with Gasteiger partial charge >= 0.3 is 0 Å². The molecule has 1 aliphatic heterocycles. The zero-order chi connectivity index (χ0) is 17.4. The largest absolute Gasteiger partial charge is 0.339 e. The molecule has 2 heterocycles. The lowest BCUT2D eigenvalue weighted by molar-refractivity contribution is 0.0709. The SMILES string of the molecule is Cc1ccc(C(=O)N2CCC(c3nccn3CC3CC3)CC2)cc1F. The molecule has 25 heavy (non-hydrogen) atoms. The second-order valence-corrected chi connectivity index (χ2v) is 7.41. The highest BCUT2D eigenvalue weighted by Gasteiger charge is 2.29. The van der Waals surface area contributed by atoms with Crippen molar-refractivity contribution in [3.63, 3.8) is 0 Å². The summed E-state index contributed by atoms with van der Waals surface area (Å²) in [4.78, 5) is 19.0. The maximum Gasteiger partial charge on any atom is 0.253 e. The van der Waals surface area contributed by atoms with E-state index in [9.17, 15) is 9.18 Å². The Morgan fingerprint density at radius 1 is 1.24 bits per heavy atom. The van der Waals surface area contributed by atoms with Gasteiger partial charge in [0.1, 0.15) is 11.6 Å². The van der Waals surface area contributed by atoms with Crippen LogP contribution in [0.1, 0.15) is 53.3 Å². The summed E-state index contributed by atoms with van der Waals surface area (Å²) in [5, 5.41) is 0. The molecule has 2 aromatic rings. The van der Waals surface area contributed by atoms with Crippen LogP contribution in [0, 0.1) is 18.7 Å². The zero-order valence-electron chi connectivity index (χ0n) is 14.6. The van der Waals surface area contributed by atoms with Gasteiger partial charge < -0.3 is 9.47 Å². The molecule has 0 spiro atoms. The maximum absolute atomic E-state index is 13.7. The molecule has 1 saturated heterocycles. The average Bonchev–Trinajstić information content (AvgIpc) is 3.32. The van der Waals surface area contributed by atoms with Crippen LogP contribution in [0.2, 0.25) is 0 Å². The number of rotatable bonds is 4. The fourth-order valence-corrected chi connectivity index (χ4v) is 3.66. The minimum absolute atomic E-state index is 0.0707. The highest BCUT2D eigenvalue weighted by Crippen LogP contribution is 2.33. The van der Waals surface area contributed by atoms with Gasteiger partial charge in [0.2, 0.25) is 0 Å². The van der Waals surface area contributed by atoms with Crippen LogP contribution in [0.15, 0.2) is 30.6 Å². The van der Waals surface area contributed by atoms with Gasteiger partial charge in [0, 0.05) is 43.5 Å². The van der Waals surface area contributed by atoms with E-state index < -0.39 is 0 Å². The van der Waals surface area contributed by atoms with Gasteiger partial charge in [-0.25, -0.2) is 9.37 Å². The molecule has 0 bridgehead atoms. The minimum atomic E-state index is -0.317. The molecule has 4 nitrogen and oxygen atoms in total. The highest BCUT2D eigenvalue weighted by molar-refractivity contribution is 5.94. The van der Waals surface area contributed by atoms with Crippen LogP contribution in [0.4, 0.5) is 4.39 Å². The molecule has 0 unspecified atom stereocenters. The Morgan fingerprint density at radius 3 is 2.68 bits per heavy atom.